The lowest BCUT2D eigenvalue weighted by molar-refractivity contribution is 0.459. The number of nitrogens with one attached hydrogen (secondary N) is 2. The molecule has 0 spiro atoms. The highest BCUT2D eigenvalue weighted by molar-refractivity contribution is 5.94. The number of hydrogen-bond acceptors (Lipinski definition) is 3. The Balaban J connectivity index is 2.15. The molecule has 1 aromatic heterocycles. The molecule has 0 bridgehead atoms. The summed E-state index contributed by atoms with van der Waals surface area (Å²) in [5, 5.41) is 13.8. The molecule has 2 aromatic rings. The van der Waals surface area contributed by atoms with Crippen molar-refractivity contribution in [2.45, 2.75) is 39.0 Å². The SMILES string of the molecule is CCCCCCc1ccc2c(N=N)c(O)[nH]c2c1. The van der Waals surface area contributed by atoms with E-state index in [1.54, 1.807) is 0 Å². The summed E-state index contributed by atoms with van der Waals surface area (Å²) in [5.74, 6) is -0.0249. The third-order valence-corrected chi connectivity index (χ3v) is 3.25. The van der Waals surface area contributed by atoms with E-state index in [1.165, 1.54) is 31.2 Å². The lowest BCUT2D eigenvalue weighted by atomic mass is 10.0. The van der Waals surface area contributed by atoms with Gasteiger partial charge in [-0.15, -0.1) is 0 Å². The monoisotopic (exact) mass is 245 g/mol. The first-order chi connectivity index (χ1) is 8.76. The van der Waals surface area contributed by atoms with Gasteiger partial charge in [0.1, 0.15) is 0 Å². The molecule has 0 radical (unpaired) electrons. The van der Waals surface area contributed by atoms with E-state index in [0.717, 1.165) is 17.3 Å². The van der Waals surface area contributed by atoms with Crippen LogP contribution in [-0.2, 0) is 6.42 Å². The number of aryl methyl sites for hydroxylation is 1. The molecule has 0 amide bonds. The fourth-order valence-electron chi connectivity index (χ4n) is 2.24. The molecule has 3 N–H and O–H groups in total. The molecule has 0 aliphatic heterocycles. The summed E-state index contributed by atoms with van der Waals surface area (Å²) in [6.07, 6.45) is 6.05. The standard InChI is InChI=1S/C14H19N3O/c1-2-3-4-5-6-10-7-8-11-12(9-10)16-14(18)13(11)17-15/h7-9,15-16,18H,2-6H2,1H3. The van der Waals surface area contributed by atoms with Crippen molar-refractivity contribution in [1.82, 2.24) is 4.98 Å². The van der Waals surface area contributed by atoms with Crippen LogP contribution in [0.3, 0.4) is 0 Å². The van der Waals surface area contributed by atoms with E-state index in [4.69, 9.17) is 5.53 Å². The van der Waals surface area contributed by atoms with Crippen LogP contribution in [-0.4, -0.2) is 10.1 Å². The van der Waals surface area contributed by atoms with Gasteiger partial charge >= 0.3 is 0 Å². The van der Waals surface area contributed by atoms with Gasteiger partial charge in [0.25, 0.3) is 0 Å². The average Bonchev–Trinajstić information content (AvgIpc) is 2.69. The summed E-state index contributed by atoms with van der Waals surface area (Å²) >= 11 is 0. The quantitative estimate of drug-likeness (QED) is 0.502. The van der Waals surface area contributed by atoms with Crippen LogP contribution < -0.4 is 0 Å². The van der Waals surface area contributed by atoms with Gasteiger partial charge in [0.05, 0.1) is 5.52 Å². The zero-order chi connectivity index (χ0) is 13.0. The van der Waals surface area contributed by atoms with Crippen LogP contribution in [0.15, 0.2) is 23.3 Å². The number of aromatic hydroxyl groups is 1. The number of fused-ring (bicyclic) bond motifs is 1. The largest absolute Gasteiger partial charge is 0.493 e. The zero-order valence-corrected chi connectivity index (χ0v) is 10.7. The molecule has 0 aliphatic rings. The highest BCUT2D eigenvalue weighted by Gasteiger charge is 2.09. The minimum absolute atomic E-state index is 0.0249. The second kappa shape index (κ2) is 5.67. The Kier molecular flexibility index (Phi) is 3.97. The van der Waals surface area contributed by atoms with Gasteiger partial charge in [0.2, 0.25) is 5.88 Å². The van der Waals surface area contributed by atoms with E-state index >= 15 is 0 Å². The van der Waals surface area contributed by atoms with Gasteiger partial charge in [-0.1, -0.05) is 38.3 Å². The summed E-state index contributed by atoms with van der Waals surface area (Å²) < 4.78 is 0. The van der Waals surface area contributed by atoms with Crippen molar-refractivity contribution < 1.29 is 5.11 Å². The Morgan fingerprint density at radius 2 is 2.11 bits per heavy atom. The maximum atomic E-state index is 9.60. The lowest BCUT2D eigenvalue weighted by Gasteiger charge is -2.01. The molecule has 0 fully saturated rings. The summed E-state index contributed by atoms with van der Waals surface area (Å²) in [6, 6.07) is 6.01. The molecule has 4 nitrogen and oxygen atoms in total. The maximum absolute atomic E-state index is 9.60. The van der Waals surface area contributed by atoms with Gasteiger partial charge < -0.3 is 10.1 Å². The van der Waals surface area contributed by atoms with Crippen molar-refractivity contribution in [3.8, 4) is 5.88 Å². The predicted octanol–water partition coefficient (Wildman–Crippen LogP) is 4.66. The van der Waals surface area contributed by atoms with E-state index in [0.29, 0.717) is 5.69 Å². The van der Waals surface area contributed by atoms with Crippen molar-refractivity contribution >= 4 is 16.6 Å². The van der Waals surface area contributed by atoms with Crippen LogP contribution in [0, 0.1) is 5.53 Å². The van der Waals surface area contributed by atoms with E-state index in [2.05, 4.69) is 23.1 Å². The first-order valence-corrected chi connectivity index (χ1v) is 6.47. The van der Waals surface area contributed by atoms with Crippen molar-refractivity contribution in [3.63, 3.8) is 0 Å². The van der Waals surface area contributed by atoms with E-state index in [-0.39, 0.29) is 5.88 Å². The maximum Gasteiger partial charge on any atom is 0.218 e. The molecule has 0 aliphatic carbocycles. The Bertz CT molecular complexity index is 545. The number of unbranched alkanes of at least 4 members (excludes halogenated alkanes) is 3. The Labute approximate surface area is 107 Å². The molecular formula is C14H19N3O. The van der Waals surface area contributed by atoms with Gasteiger partial charge in [0.15, 0.2) is 5.69 Å². The fraction of sp³-hybridized carbons (Fsp3) is 0.429. The molecule has 1 heterocycles. The van der Waals surface area contributed by atoms with Crippen LogP contribution >= 0.6 is 0 Å². The molecular weight excluding hydrogens is 226 g/mol. The third kappa shape index (κ3) is 2.53. The molecule has 0 saturated heterocycles. The average molecular weight is 245 g/mol. The van der Waals surface area contributed by atoms with Crippen LogP contribution in [0.25, 0.3) is 10.9 Å². The van der Waals surface area contributed by atoms with Crippen LogP contribution in [0.5, 0.6) is 5.88 Å². The topological polar surface area (TPSA) is 72.2 Å². The molecule has 0 saturated carbocycles. The van der Waals surface area contributed by atoms with Crippen LogP contribution in [0.2, 0.25) is 0 Å². The van der Waals surface area contributed by atoms with Crippen molar-refractivity contribution in [2.24, 2.45) is 5.11 Å². The van der Waals surface area contributed by atoms with Gasteiger partial charge in [-0.2, -0.15) is 5.11 Å². The fourth-order valence-corrected chi connectivity index (χ4v) is 2.24. The first-order valence-electron chi connectivity index (χ1n) is 6.47. The number of hydrogen-bond donors (Lipinski definition) is 3. The molecule has 1 aromatic carbocycles. The smallest absolute Gasteiger partial charge is 0.218 e. The van der Waals surface area contributed by atoms with Gasteiger partial charge in [-0.3, -0.25) is 0 Å². The number of H-pyrrole nitrogens is 1. The van der Waals surface area contributed by atoms with E-state index in [1.807, 2.05) is 12.1 Å². The van der Waals surface area contributed by atoms with E-state index < -0.39 is 0 Å². The third-order valence-electron chi connectivity index (χ3n) is 3.25. The van der Waals surface area contributed by atoms with Crippen LogP contribution in [0.1, 0.15) is 38.2 Å². The first kappa shape index (κ1) is 12.6. The van der Waals surface area contributed by atoms with Gasteiger partial charge in [-0.05, 0) is 24.5 Å². The molecule has 0 atom stereocenters. The molecule has 0 unspecified atom stereocenters. The number of aromatic nitrogens is 1. The Morgan fingerprint density at radius 3 is 2.83 bits per heavy atom. The zero-order valence-electron chi connectivity index (χ0n) is 10.7. The second-order valence-electron chi connectivity index (χ2n) is 4.62. The minimum atomic E-state index is -0.0249. The van der Waals surface area contributed by atoms with Crippen molar-refractivity contribution in [2.75, 3.05) is 0 Å². The second-order valence-corrected chi connectivity index (χ2v) is 4.62. The minimum Gasteiger partial charge on any atom is -0.493 e. The van der Waals surface area contributed by atoms with Crippen molar-refractivity contribution in [1.29, 1.82) is 5.53 Å². The lowest BCUT2D eigenvalue weighted by Crippen LogP contribution is -1.85. The number of aromatic amines is 1. The highest BCUT2D eigenvalue weighted by atomic mass is 16.3. The van der Waals surface area contributed by atoms with Gasteiger partial charge in [-0.25, -0.2) is 5.53 Å². The molecule has 18 heavy (non-hydrogen) atoms. The summed E-state index contributed by atoms with van der Waals surface area (Å²) in [6.45, 7) is 2.21. The molecule has 96 valence electrons. The van der Waals surface area contributed by atoms with E-state index in [9.17, 15) is 5.11 Å². The number of benzene rings is 1. The van der Waals surface area contributed by atoms with Crippen molar-refractivity contribution in [3.05, 3.63) is 23.8 Å². The number of nitrogens with zero attached hydrogens (tertiary/aromatic N) is 1. The normalized spacial score (nSPS) is 10.9. The highest BCUT2D eigenvalue weighted by Crippen LogP contribution is 2.35. The molecule has 4 heteroatoms. The Hall–Kier alpha value is -1.84. The number of rotatable bonds is 6. The van der Waals surface area contributed by atoms with Crippen LogP contribution in [0.4, 0.5) is 5.69 Å². The van der Waals surface area contributed by atoms with Gasteiger partial charge in [0, 0.05) is 5.39 Å². The summed E-state index contributed by atoms with van der Waals surface area (Å²) in [5.41, 5.74) is 9.47. The predicted molar refractivity (Wildman–Crippen MR) is 72.6 cm³/mol. The molecule has 2 rings (SSSR count). The summed E-state index contributed by atoms with van der Waals surface area (Å²) in [4.78, 5) is 2.86. The summed E-state index contributed by atoms with van der Waals surface area (Å²) in [7, 11) is 0. The Morgan fingerprint density at radius 1 is 1.28 bits per heavy atom.